The standard InChI is InChI=1S/C17H26O3/c1-4-8-13-9-6-7-10-17(13,19)15-11-14(18)12-16(15,5-2)20-3/h4-5,11,13-14,18-19H,1-2,6-10,12H2,3H3/t13-,14+,16+,17+/m1/s1. The fourth-order valence-electron chi connectivity index (χ4n) is 3.89. The van der Waals surface area contributed by atoms with Gasteiger partial charge in [0, 0.05) is 13.5 Å². The third kappa shape index (κ3) is 2.39. The first-order chi connectivity index (χ1) is 9.52. The number of methoxy groups -OCH3 is 1. The molecule has 0 unspecified atom stereocenters. The molecule has 0 bridgehead atoms. The van der Waals surface area contributed by atoms with Crippen molar-refractivity contribution in [2.24, 2.45) is 5.92 Å². The van der Waals surface area contributed by atoms with E-state index < -0.39 is 17.3 Å². The van der Waals surface area contributed by atoms with Gasteiger partial charge in [-0.25, -0.2) is 0 Å². The summed E-state index contributed by atoms with van der Waals surface area (Å²) in [7, 11) is 1.61. The van der Waals surface area contributed by atoms with Crippen molar-refractivity contribution in [3.63, 3.8) is 0 Å². The highest BCUT2D eigenvalue weighted by Gasteiger charge is 2.52. The van der Waals surface area contributed by atoms with E-state index in [2.05, 4.69) is 13.2 Å². The van der Waals surface area contributed by atoms with Crippen LogP contribution in [0.25, 0.3) is 0 Å². The summed E-state index contributed by atoms with van der Waals surface area (Å²) in [6.07, 6.45) is 9.80. The van der Waals surface area contributed by atoms with Gasteiger partial charge in [0.25, 0.3) is 0 Å². The highest BCUT2D eigenvalue weighted by atomic mass is 16.5. The van der Waals surface area contributed by atoms with Crippen LogP contribution in [0.5, 0.6) is 0 Å². The normalized spacial score (nSPS) is 41.2. The van der Waals surface area contributed by atoms with Gasteiger partial charge >= 0.3 is 0 Å². The van der Waals surface area contributed by atoms with Crippen molar-refractivity contribution in [1.82, 2.24) is 0 Å². The lowest BCUT2D eigenvalue weighted by molar-refractivity contribution is -0.0526. The SMILES string of the molecule is C=CC[C@@H]1CCCC[C@@]1(O)C1=C[C@H](O)C[C@]1(C=C)OC. The van der Waals surface area contributed by atoms with Gasteiger partial charge in [0.15, 0.2) is 0 Å². The maximum atomic E-state index is 11.3. The molecule has 2 aliphatic rings. The van der Waals surface area contributed by atoms with Gasteiger partial charge in [-0.1, -0.05) is 37.6 Å². The fraction of sp³-hybridized carbons (Fsp3) is 0.647. The molecule has 2 aliphatic carbocycles. The highest BCUT2D eigenvalue weighted by Crippen LogP contribution is 2.49. The second kappa shape index (κ2) is 5.84. The van der Waals surface area contributed by atoms with Crippen molar-refractivity contribution >= 4 is 0 Å². The molecule has 2 rings (SSSR count). The molecular formula is C17H26O3. The van der Waals surface area contributed by atoms with E-state index >= 15 is 0 Å². The van der Waals surface area contributed by atoms with E-state index in [-0.39, 0.29) is 5.92 Å². The zero-order valence-electron chi connectivity index (χ0n) is 12.3. The summed E-state index contributed by atoms with van der Waals surface area (Å²) in [5, 5.41) is 21.3. The van der Waals surface area contributed by atoms with Gasteiger partial charge in [0.05, 0.1) is 11.7 Å². The van der Waals surface area contributed by atoms with E-state index in [0.717, 1.165) is 31.3 Å². The largest absolute Gasteiger partial charge is 0.389 e. The molecule has 4 atom stereocenters. The average molecular weight is 278 g/mol. The van der Waals surface area contributed by atoms with Gasteiger partial charge in [-0.05, 0) is 30.8 Å². The molecule has 1 fully saturated rings. The van der Waals surface area contributed by atoms with Crippen molar-refractivity contribution in [2.75, 3.05) is 7.11 Å². The Kier molecular flexibility index (Phi) is 4.52. The fourth-order valence-corrected chi connectivity index (χ4v) is 3.89. The Morgan fingerprint density at radius 1 is 1.45 bits per heavy atom. The molecule has 0 heterocycles. The molecular weight excluding hydrogens is 252 g/mol. The van der Waals surface area contributed by atoms with Gasteiger partial charge in [0.1, 0.15) is 5.60 Å². The van der Waals surface area contributed by atoms with Crippen LogP contribution in [0.4, 0.5) is 0 Å². The Hall–Kier alpha value is -0.900. The summed E-state index contributed by atoms with van der Waals surface area (Å²) in [6.45, 7) is 7.67. The quantitative estimate of drug-likeness (QED) is 0.760. The Bertz CT molecular complexity index is 414. The van der Waals surface area contributed by atoms with Crippen LogP contribution >= 0.6 is 0 Å². The minimum atomic E-state index is -0.922. The molecule has 0 aliphatic heterocycles. The Morgan fingerprint density at radius 3 is 2.80 bits per heavy atom. The van der Waals surface area contributed by atoms with E-state index in [1.165, 1.54) is 0 Å². The maximum absolute atomic E-state index is 11.3. The van der Waals surface area contributed by atoms with Gasteiger partial charge in [-0.15, -0.1) is 6.58 Å². The molecule has 3 heteroatoms. The second-order valence-electron chi connectivity index (χ2n) is 6.04. The topological polar surface area (TPSA) is 49.7 Å². The van der Waals surface area contributed by atoms with Crippen molar-refractivity contribution in [1.29, 1.82) is 0 Å². The molecule has 20 heavy (non-hydrogen) atoms. The molecule has 0 saturated heterocycles. The third-order valence-corrected chi connectivity index (χ3v) is 4.97. The molecule has 0 aromatic heterocycles. The highest BCUT2D eigenvalue weighted by molar-refractivity contribution is 5.40. The summed E-state index contributed by atoms with van der Waals surface area (Å²) in [5.74, 6) is 0.139. The van der Waals surface area contributed by atoms with Crippen LogP contribution in [0.15, 0.2) is 37.0 Å². The number of hydrogen-bond donors (Lipinski definition) is 2. The molecule has 0 amide bonds. The first kappa shape index (κ1) is 15.5. The van der Waals surface area contributed by atoms with Crippen LogP contribution in [0, 0.1) is 5.92 Å². The Balaban J connectivity index is 2.41. The monoisotopic (exact) mass is 278 g/mol. The van der Waals surface area contributed by atoms with E-state index in [4.69, 9.17) is 4.74 Å². The summed E-state index contributed by atoms with van der Waals surface area (Å²) < 4.78 is 5.64. The predicted octanol–water partition coefficient (Wildman–Crippen LogP) is 2.75. The predicted molar refractivity (Wildman–Crippen MR) is 80.4 cm³/mol. The second-order valence-corrected chi connectivity index (χ2v) is 6.04. The van der Waals surface area contributed by atoms with Crippen molar-refractivity contribution < 1.29 is 14.9 Å². The molecule has 1 saturated carbocycles. The van der Waals surface area contributed by atoms with Gasteiger partial charge in [-0.2, -0.15) is 0 Å². The van der Waals surface area contributed by atoms with E-state index in [1.807, 2.05) is 6.08 Å². The van der Waals surface area contributed by atoms with Gasteiger partial charge in [0.2, 0.25) is 0 Å². The van der Waals surface area contributed by atoms with Crippen LogP contribution in [0.2, 0.25) is 0 Å². The van der Waals surface area contributed by atoms with Gasteiger partial charge < -0.3 is 14.9 Å². The molecule has 0 radical (unpaired) electrons. The first-order valence-corrected chi connectivity index (χ1v) is 7.45. The van der Waals surface area contributed by atoms with E-state index in [1.54, 1.807) is 19.3 Å². The van der Waals surface area contributed by atoms with Crippen LogP contribution in [-0.4, -0.2) is 34.6 Å². The number of aliphatic hydroxyl groups excluding tert-OH is 1. The minimum absolute atomic E-state index is 0.139. The van der Waals surface area contributed by atoms with Crippen LogP contribution in [0.1, 0.15) is 38.5 Å². The van der Waals surface area contributed by atoms with Crippen molar-refractivity contribution in [3.05, 3.63) is 37.0 Å². The lowest BCUT2D eigenvalue weighted by Crippen LogP contribution is -2.49. The van der Waals surface area contributed by atoms with Crippen LogP contribution in [-0.2, 0) is 4.74 Å². The molecule has 0 aromatic carbocycles. The average Bonchev–Trinajstić information content (AvgIpc) is 2.80. The van der Waals surface area contributed by atoms with Crippen molar-refractivity contribution in [3.8, 4) is 0 Å². The molecule has 0 aromatic rings. The summed E-state index contributed by atoms with van der Waals surface area (Å²) in [6, 6.07) is 0. The molecule has 3 nitrogen and oxygen atoms in total. The zero-order valence-corrected chi connectivity index (χ0v) is 12.3. The third-order valence-electron chi connectivity index (χ3n) is 4.97. The molecule has 0 spiro atoms. The molecule has 2 N–H and O–H groups in total. The lowest BCUT2D eigenvalue weighted by Gasteiger charge is -2.45. The van der Waals surface area contributed by atoms with E-state index in [9.17, 15) is 10.2 Å². The maximum Gasteiger partial charge on any atom is 0.112 e. The summed E-state index contributed by atoms with van der Waals surface area (Å²) >= 11 is 0. The lowest BCUT2D eigenvalue weighted by atomic mass is 9.66. The number of rotatable bonds is 5. The number of allylic oxidation sites excluding steroid dienone is 1. The Morgan fingerprint density at radius 2 is 2.20 bits per heavy atom. The van der Waals surface area contributed by atoms with Gasteiger partial charge in [-0.3, -0.25) is 0 Å². The van der Waals surface area contributed by atoms with Crippen LogP contribution in [0.3, 0.4) is 0 Å². The summed E-state index contributed by atoms with van der Waals surface area (Å²) in [4.78, 5) is 0. The smallest absolute Gasteiger partial charge is 0.112 e. The zero-order chi connectivity index (χ0) is 14.8. The van der Waals surface area contributed by atoms with Crippen molar-refractivity contribution in [2.45, 2.75) is 55.8 Å². The number of ether oxygens (including phenoxy) is 1. The Labute approximate surface area is 121 Å². The minimum Gasteiger partial charge on any atom is -0.389 e. The summed E-state index contributed by atoms with van der Waals surface area (Å²) in [5.41, 5.74) is -0.875. The number of aliphatic hydroxyl groups is 2. The van der Waals surface area contributed by atoms with Crippen LogP contribution < -0.4 is 0 Å². The molecule has 112 valence electrons. The van der Waals surface area contributed by atoms with E-state index in [0.29, 0.717) is 12.8 Å². The first-order valence-electron chi connectivity index (χ1n) is 7.45. The number of hydrogen-bond acceptors (Lipinski definition) is 3.